The average molecular weight is 195 g/mol. The first-order chi connectivity index (χ1) is 6.46. The lowest BCUT2D eigenvalue weighted by molar-refractivity contribution is 0.499. The highest BCUT2D eigenvalue weighted by molar-refractivity contribution is 5.49. The van der Waals surface area contributed by atoms with Crippen LogP contribution in [0.4, 0.5) is 10.1 Å². The van der Waals surface area contributed by atoms with E-state index in [0.717, 1.165) is 6.54 Å². The number of benzene rings is 1. The predicted molar refractivity (Wildman–Crippen MR) is 59.2 cm³/mol. The number of rotatable bonds is 2. The van der Waals surface area contributed by atoms with E-state index in [4.69, 9.17) is 0 Å². The number of nitrogens with zero attached hydrogens (tertiary/aromatic N) is 1. The third kappa shape index (κ3) is 2.25. The number of anilines is 1. The molecule has 0 radical (unpaired) electrons. The summed E-state index contributed by atoms with van der Waals surface area (Å²) in [7, 11) is 0. The molecule has 0 aromatic heterocycles. The summed E-state index contributed by atoms with van der Waals surface area (Å²) in [6.07, 6.45) is 0. The Morgan fingerprint density at radius 3 is 2.21 bits per heavy atom. The zero-order valence-corrected chi connectivity index (χ0v) is 9.34. The Kier molecular flexibility index (Phi) is 3.14. The Hall–Kier alpha value is -1.05. The van der Waals surface area contributed by atoms with Gasteiger partial charge in [-0.05, 0) is 39.8 Å². The fraction of sp³-hybridized carbons (Fsp3) is 0.500. The molecular formula is C12H18FN. The molecular weight excluding hydrogens is 177 g/mol. The highest BCUT2D eigenvalue weighted by Gasteiger charge is 2.21. The molecule has 1 aromatic carbocycles. The number of hydrogen-bond acceptors (Lipinski definition) is 1. The van der Waals surface area contributed by atoms with Crippen LogP contribution in [-0.2, 0) is 0 Å². The van der Waals surface area contributed by atoms with Crippen LogP contribution in [0.15, 0.2) is 24.3 Å². The van der Waals surface area contributed by atoms with Crippen LogP contribution in [0.25, 0.3) is 0 Å². The van der Waals surface area contributed by atoms with E-state index in [1.54, 1.807) is 6.07 Å². The van der Waals surface area contributed by atoms with Gasteiger partial charge in [0.15, 0.2) is 0 Å². The summed E-state index contributed by atoms with van der Waals surface area (Å²) in [6, 6.07) is 6.91. The fourth-order valence-electron chi connectivity index (χ4n) is 1.68. The van der Waals surface area contributed by atoms with Gasteiger partial charge >= 0.3 is 0 Å². The van der Waals surface area contributed by atoms with Crippen molar-refractivity contribution in [2.45, 2.75) is 33.2 Å². The molecule has 0 bridgehead atoms. The number of hydrogen-bond donors (Lipinski definition) is 0. The standard InChI is InChI=1S/C12H18FN/c1-5-14(12(2,3)4)11-9-7-6-8-10(11)13/h6-9H,5H2,1-4H3. The van der Waals surface area contributed by atoms with Crippen molar-refractivity contribution in [2.24, 2.45) is 0 Å². The quantitative estimate of drug-likeness (QED) is 0.698. The fourth-order valence-corrected chi connectivity index (χ4v) is 1.68. The van der Waals surface area contributed by atoms with Gasteiger partial charge in [0.05, 0.1) is 5.69 Å². The van der Waals surface area contributed by atoms with E-state index >= 15 is 0 Å². The van der Waals surface area contributed by atoms with E-state index in [2.05, 4.69) is 25.7 Å². The summed E-state index contributed by atoms with van der Waals surface area (Å²) in [4.78, 5) is 2.06. The summed E-state index contributed by atoms with van der Waals surface area (Å²) < 4.78 is 13.5. The van der Waals surface area contributed by atoms with Crippen LogP contribution in [0.5, 0.6) is 0 Å². The van der Waals surface area contributed by atoms with Crippen molar-refractivity contribution in [3.8, 4) is 0 Å². The first kappa shape index (κ1) is 11.0. The van der Waals surface area contributed by atoms with Crippen molar-refractivity contribution in [3.05, 3.63) is 30.1 Å². The van der Waals surface area contributed by atoms with Crippen LogP contribution in [0.2, 0.25) is 0 Å². The van der Waals surface area contributed by atoms with Gasteiger partial charge in [0.25, 0.3) is 0 Å². The lowest BCUT2D eigenvalue weighted by atomic mass is 10.0. The van der Waals surface area contributed by atoms with Gasteiger partial charge in [0.2, 0.25) is 0 Å². The van der Waals surface area contributed by atoms with E-state index < -0.39 is 0 Å². The second-order valence-electron chi connectivity index (χ2n) is 4.37. The van der Waals surface area contributed by atoms with Gasteiger partial charge in [0.1, 0.15) is 5.82 Å². The number of halogens is 1. The van der Waals surface area contributed by atoms with E-state index in [-0.39, 0.29) is 11.4 Å². The second kappa shape index (κ2) is 3.99. The third-order valence-electron chi connectivity index (χ3n) is 2.27. The van der Waals surface area contributed by atoms with Crippen molar-refractivity contribution < 1.29 is 4.39 Å². The van der Waals surface area contributed by atoms with Gasteiger partial charge in [0, 0.05) is 12.1 Å². The van der Waals surface area contributed by atoms with Gasteiger partial charge in [-0.25, -0.2) is 4.39 Å². The first-order valence-corrected chi connectivity index (χ1v) is 4.99. The molecule has 14 heavy (non-hydrogen) atoms. The molecule has 2 heteroatoms. The Labute approximate surface area is 85.5 Å². The molecule has 0 atom stereocenters. The van der Waals surface area contributed by atoms with Crippen LogP contribution in [0.1, 0.15) is 27.7 Å². The van der Waals surface area contributed by atoms with Crippen molar-refractivity contribution in [3.63, 3.8) is 0 Å². The first-order valence-electron chi connectivity index (χ1n) is 4.99. The maximum atomic E-state index is 13.5. The van der Waals surface area contributed by atoms with E-state index in [1.807, 2.05) is 19.1 Å². The molecule has 0 amide bonds. The van der Waals surface area contributed by atoms with Gasteiger partial charge in [-0.2, -0.15) is 0 Å². The zero-order valence-electron chi connectivity index (χ0n) is 9.34. The molecule has 1 nitrogen and oxygen atoms in total. The Balaban J connectivity index is 3.08. The minimum Gasteiger partial charge on any atom is -0.365 e. The van der Waals surface area contributed by atoms with Crippen LogP contribution in [0.3, 0.4) is 0 Å². The Bertz CT molecular complexity index is 301. The summed E-state index contributed by atoms with van der Waals surface area (Å²) in [5, 5.41) is 0. The lowest BCUT2D eigenvalue weighted by Crippen LogP contribution is -2.41. The van der Waals surface area contributed by atoms with Crippen LogP contribution in [-0.4, -0.2) is 12.1 Å². The highest BCUT2D eigenvalue weighted by atomic mass is 19.1. The second-order valence-corrected chi connectivity index (χ2v) is 4.37. The molecule has 0 aliphatic rings. The maximum absolute atomic E-state index is 13.5. The molecule has 1 rings (SSSR count). The van der Waals surface area contributed by atoms with E-state index in [1.165, 1.54) is 6.07 Å². The molecule has 0 fully saturated rings. The minimum atomic E-state index is -0.149. The number of para-hydroxylation sites is 1. The molecule has 0 saturated carbocycles. The van der Waals surface area contributed by atoms with Crippen molar-refractivity contribution in [2.75, 3.05) is 11.4 Å². The Morgan fingerprint density at radius 2 is 1.79 bits per heavy atom. The molecule has 0 N–H and O–H groups in total. The third-order valence-corrected chi connectivity index (χ3v) is 2.27. The van der Waals surface area contributed by atoms with Crippen LogP contribution >= 0.6 is 0 Å². The molecule has 0 saturated heterocycles. The van der Waals surface area contributed by atoms with Crippen molar-refractivity contribution >= 4 is 5.69 Å². The van der Waals surface area contributed by atoms with Crippen LogP contribution < -0.4 is 4.90 Å². The Morgan fingerprint density at radius 1 is 1.21 bits per heavy atom. The minimum absolute atomic E-state index is 0.0447. The van der Waals surface area contributed by atoms with E-state index in [0.29, 0.717) is 5.69 Å². The normalized spacial score (nSPS) is 11.5. The topological polar surface area (TPSA) is 3.24 Å². The SMILES string of the molecule is CCN(c1ccccc1F)C(C)(C)C. The van der Waals surface area contributed by atoms with E-state index in [9.17, 15) is 4.39 Å². The molecule has 0 unspecified atom stereocenters. The van der Waals surface area contributed by atoms with Gasteiger partial charge in [-0.3, -0.25) is 0 Å². The molecule has 78 valence electrons. The molecule has 1 aromatic rings. The van der Waals surface area contributed by atoms with Crippen molar-refractivity contribution in [1.82, 2.24) is 0 Å². The average Bonchev–Trinajstić information content (AvgIpc) is 2.07. The summed E-state index contributed by atoms with van der Waals surface area (Å²) in [5.74, 6) is -0.149. The monoisotopic (exact) mass is 195 g/mol. The predicted octanol–water partition coefficient (Wildman–Crippen LogP) is 3.45. The molecule has 0 heterocycles. The molecule has 0 spiro atoms. The largest absolute Gasteiger partial charge is 0.365 e. The lowest BCUT2D eigenvalue weighted by Gasteiger charge is -2.37. The zero-order chi connectivity index (χ0) is 10.8. The summed E-state index contributed by atoms with van der Waals surface area (Å²) in [6.45, 7) is 9.11. The summed E-state index contributed by atoms with van der Waals surface area (Å²) in [5.41, 5.74) is 0.638. The van der Waals surface area contributed by atoms with Gasteiger partial charge < -0.3 is 4.90 Å². The van der Waals surface area contributed by atoms with Crippen LogP contribution in [0, 0.1) is 5.82 Å². The van der Waals surface area contributed by atoms with Gasteiger partial charge in [-0.15, -0.1) is 0 Å². The smallest absolute Gasteiger partial charge is 0.146 e. The molecule has 0 aliphatic carbocycles. The highest BCUT2D eigenvalue weighted by Crippen LogP contribution is 2.25. The molecule has 0 aliphatic heterocycles. The summed E-state index contributed by atoms with van der Waals surface area (Å²) >= 11 is 0. The van der Waals surface area contributed by atoms with Gasteiger partial charge in [-0.1, -0.05) is 12.1 Å². The van der Waals surface area contributed by atoms with Crippen molar-refractivity contribution in [1.29, 1.82) is 0 Å². The maximum Gasteiger partial charge on any atom is 0.146 e.